The summed E-state index contributed by atoms with van der Waals surface area (Å²) >= 11 is 0. The Hall–Kier alpha value is -4.39. The van der Waals surface area contributed by atoms with Crippen LogP contribution in [0.15, 0.2) is 90.1 Å². The zero-order valence-electron chi connectivity index (χ0n) is 21.4. The van der Waals surface area contributed by atoms with Crippen LogP contribution in [0, 0.1) is 6.92 Å². The molecule has 1 atom stereocenters. The van der Waals surface area contributed by atoms with Crippen LogP contribution in [-0.2, 0) is 17.0 Å². The summed E-state index contributed by atoms with van der Waals surface area (Å²) in [7, 11) is -1.24. The number of rotatable bonds is 6. The summed E-state index contributed by atoms with van der Waals surface area (Å²) in [6.07, 6.45) is -5.59. The van der Waals surface area contributed by atoms with E-state index in [1.54, 1.807) is 48.7 Å². The third kappa shape index (κ3) is 6.04. The van der Waals surface area contributed by atoms with Crippen LogP contribution in [0.4, 0.5) is 26.3 Å². The van der Waals surface area contributed by atoms with Crippen LogP contribution in [0.25, 0.3) is 33.8 Å². The highest BCUT2D eigenvalue weighted by Crippen LogP contribution is 2.36. The maximum absolute atomic E-state index is 13.5. The van der Waals surface area contributed by atoms with Crippen molar-refractivity contribution >= 4 is 10.8 Å². The Morgan fingerprint density at radius 2 is 1.59 bits per heavy atom. The molecule has 0 N–H and O–H groups in total. The van der Waals surface area contributed by atoms with Crippen LogP contribution in [0.3, 0.4) is 0 Å². The molecule has 0 saturated carbocycles. The summed E-state index contributed by atoms with van der Waals surface area (Å²) in [6, 6.07) is 18.9. The summed E-state index contributed by atoms with van der Waals surface area (Å²) in [4.78, 5) is 4.28. The summed E-state index contributed by atoms with van der Waals surface area (Å²) in [5.74, 6) is -0.325. The Bertz CT molecular complexity index is 1740. The lowest BCUT2D eigenvalue weighted by atomic mass is 9.99. The van der Waals surface area contributed by atoms with Crippen molar-refractivity contribution in [3.63, 3.8) is 0 Å². The molecule has 5 aromatic rings. The van der Waals surface area contributed by atoms with Gasteiger partial charge in [0.25, 0.3) is 0 Å². The zero-order valence-corrected chi connectivity index (χ0v) is 22.2. The minimum Gasteiger partial charge on any atom is -0.406 e. The molecule has 0 aliphatic rings. The molecule has 41 heavy (non-hydrogen) atoms. The molecule has 0 fully saturated rings. The zero-order chi connectivity index (χ0) is 29.5. The van der Waals surface area contributed by atoms with E-state index >= 15 is 0 Å². The number of halogens is 6. The molecule has 2 heterocycles. The van der Waals surface area contributed by atoms with Crippen molar-refractivity contribution in [2.24, 2.45) is 0 Å². The van der Waals surface area contributed by atoms with E-state index < -0.39 is 34.8 Å². The molecule has 0 amide bonds. The summed E-state index contributed by atoms with van der Waals surface area (Å²) in [5.41, 5.74) is 2.02. The van der Waals surface area contributed by atoms with Crippen LogP contribution in [-0.4, -0.2) is 36.2 Å². The van der Waals surface area contributed by atoms with Gasteiger partial charge >= 0.3 is 12.5 Å². The van der Waals surface area contributed by atoms with E-state index in [-0.39, 0.29) is 5.82 Å². The standard InChI is InChI=1S/C28H20F6N4O2S/c1-17-36-26(27(29,30)31)16-37(17)24-11-6-19(18-4-3-5-22(14-18)41(2)39)15-23(24)25-12-13-35-38(25)20-7-9-21(10-8-20)40-28(32,33)34/h3-16H,1-2H3. The fourth-order valence-electron chi connectivity index (χ4n) is 4.34. The minimum atomic E-state index is -4.85. The first kappa shape index (κ1) is 28.1. The number of alkyl halides is 6. The van der Waals surface area contributed by atoms with E-state index in [2.05, 4.69) is 14.8 Å². The van der Waals surface area contributed by atoms with Gasteiger partial charge < -0.3 is 9.30 Å². The van der Waals surface area contributed by atoms with Gasteiger partial charge in [-0.05, 0) is 72.6 Å². The quantitative estimate of drug-likeness (QED) is 0.194. The predicted octanol–water partition coefficient (Wildman–Crippen LogP) is 7.36. The summed E-state index contributed by atoms with van der Waals surface area (Å²) < 4.78 is 97.1. The average Bonchev–Trinajstić information content (AvgIpc) is 3.55. The number of imidazole rings is 1. The van der Waals surface area contributed by atoms with Gasteiger partial charge in [-0.25, -0.2) is 9.67 Å². The van der Waals surface area contributed by atoms with E-state index in [0.717, 1.165) is 23.9 Å². The van der Waals surface area contributed by atoms with E-state index in [4.69, 9.17) is 0 Å². The van der Waals surface area contributed by atoms with Crippen molar-refractivity contribution in [2.45, 2.75) is 24.4 Å². The second-order valence-corrected chi connectivity index (χ2v) is 10.3. The highest BCUT2D eigenvalue weighted by molar-refractivity contribution is 7.84. The summed E-state index contributed by atoms with van der Waals surface area (Å²) in [6.45, 7) is 1.45. The van der Waals surface area contributed by atoms with Gasteiger partial charge in [-0.1, -0.05) is 18.2 Å². The van der Waals surface area contributed by atoms with Crippen molar-refractivity contribution < 1.29 is 35.3 Å². The number of ether oxygens (including phenoxy) is 1. The summed E-state index contributed by atoms with van der Waals surface area (Å²) in [5, 5.41) is 4.32. The maximum atomic E-state index is 13.5. The smallest absolute Gasteiger partial charge is 0.406 e. The van der Waals surface area contributed by atoms with Crippen LogP contribution >= 0.6 is 0 Å². The third-order valence-corrected chi connectivity index (χ3v) is 7.08. The molecular weight excluding hydrogens is 570 g/mol. The van der Waals surface area contributed by atoms with Gasteiger partial charge in [0.05, 0.1) is 23.3 Å². The van der Waals surface area contributed by atoms with Gasteiger partial charge in [0.15, 0.2) is 5.69 Å². The Kier molecular flexibility index (Phi) is 7.24. The molecule has 13 heteroatoms. The van der Waals surface area contributed by atoms with Gasteiger partial charge in [-0.3, -0.25) is 4.21 Å². The minimum absolute atomic E-state index is 0.0921. The average molecular weight is 591 g/mol. The van der Waals surface area contributed by atoms with Crippen LogP contribution in [0.5, 0.6) is 5.75 Å². The molecule has 5 rings (SSSR count). The lowest BCUT2D eigenvalue weighted by Crippen LogP contribution is -2.17. The molecule has 0 aliphatic carbocycles. The molecule has 1 unspecified atom stereocenters. The first-order valence-electron chi connectivity index (χ1n) is 11.9. The topological polar surface area (TPSA) is 61.9 Å². The molecule has 6 nitrogen and oxygen atoms in total. The van der Waals surface area contributed by atoms with E-state index in [9.17, 15) is 30.6 Å². The van der Waals surface area contributed by atoms with Crippen molar-refractivity contribution in [1.82, 2.24) is 19.3 Å². The van der Waals surface area contributed by atoms with Gasteiger partial charge in [-0.2, -0.15) is 18.3 Å². The molecule has 0 saturated heterocycles. The molecule has 212 valence electrons. The van der Waals surface area contributed by atoms with Crippen LogP contribution in [0.2, 0.25) is 0 Å². The van der Waals surface area contributed by atoms with Crippen molar-refractivity contribution in [2.75, 3.05) is 6.26 Å². The second-order valence-electron chi connectivity index (χ2n) is 8.92. The van der Waals surface area contributed by atoms with E-state index in [1.807, 2.05) is 6.07 Å². The van der Waals surface area contributed by atoms with Crippen LogP contribution in [0.1, 0.15) is 11.5 Å². The highest BCUT2D eigenvalue weighted by Gasteiger charge is 2.35. The Morgan fingerprint density at radius 3 is 2.22 bits per heavy atom. The number of aromatic nitrogens is 4. The Morgan fingerprint density at radius 1 is 0.878 bits per heavy atom. The highest BCUT2D eigenvalue weighted by atomic mass is 32.2. The Balaban J connectivity index is 1.68. The number of hydrogen-bond acceptors (Lipinski definition) is 4. The fourth-order valence-corrected chi connectivity index (χ4v) is 4.90. The molecule has 0 spiro atoms. The number of aryl methyl sites for hydroxylation is 1. The van der Waals surface area contributed by atoms with Crippen molar-refractivity contribution in [1.29, 1.82) is 0 Å². The van der Waals surface area contributed by atoms with Crippen LogP contribution < -0.4 is 4.74 Å². The maximum Gasteiger partial charge on any atom is 0.573 e. The largest absolute Gasteiger partial charge is 0.573 e. The first-order chi connectivity index (χ1) is 19.3. The molecule has 0 radical (unpaired) electrons. The van der Waals surface area contributed by atoms with Gasteiger partial charge in [-0.15, -0.1) is 13.2 Å². The third-order valence-electron chi connectivity index (χ3n) is 6.16. The van der Waals surface area contributed by atoms with Crippen molar-refractivity contribution in [3.8, 4) is 39.5 Å². The second kappa shape index (κ2) is 10.5. The SMILES string of the molecule is Cc1nc(C(F)(F)F)cn1-c1ccc(-c2cccc(S(C)=O)c2)cc1-c1ccnn1-c1ccc(OC(F)(F)F)cc1. The van der Waals surface area contributed by atoms with Gasteiger partial charge in [0, 0.05) is 33.7 Å². The molecule has 3 aromatic carbocycles. The normalized spacial score (nSPS) is 12.9. The van der Waals surface area contributed by atoms with E-state index in [0.29, 0.717) is 33.1 Å². The van der Waals surface area contributed by atoms with Gasteiger partial charge in [0.1, 0.15) is 11.6 Å². The molecular formula is C28H20F6N4O2S. The number of nitrogens with zero attached hydrogens (tertiary/aromatic N) is 4. The van der Waals surface area contributed by atoms with E-state index in [1.165, 1.54) is 34.5 Å². The molecule has 0 bridgehead atoms. The monoisotopic (exact) mass is 590 g/mol. The number of benzene rings is 3. The van der Waals surface area contributed by atoms with Gasteiger partial charge in [0.2, 0.25) is 0 Å². The Labute approximate surface area is 232 Å². The predicted molar refractivity (Wildman–Crippen MR) is 140 cm³/mol. The molecule has 2 aromatic heterocycles. The van der Waals surface area contributed by atoms with Crippen molar-refractivity contribution in [3.05, 3.63) is 96.7 Å². The first-order valence-corrected chi connectivity index (χ1v) is 13.5. The molecule has 0 aliphatic heterocycles. The lowest BCUT2D eigenvalue weighted by Gasteiger charge is -2.16. The number of hydrogen-bond donors (Lipinski definition) is 0. The lowest BCUT2D eigenvalue weighted by molar-refractivity contribution is -0.274. The fraction of sp³-hybridized carbons (Fsp3) is 0.143.